The Bertz CT molecular complexity index is 241. The van der Waals surface area contributed by atoms with Crippen molar-refractivity contribution in [1.29, 1.82) is 0 Å². The molecule has 2 aliphatic rings. The molecule has 1 amide bonds. The lowest BCUT2D eigenvalue weighted by molar-refractivity contribution is -0.120. The van der Waals surface area contributed by atoms with Crippen molar-refractivity contribution in [3.8, 4) is 0 Å². The van der Waals surface area contributed by atoms with Gasteiger partial charge in [0.1, 0.15) is 0 Å². The van der Waals surface area contributed by atoms with Gasteiger partial charge in [0.15, 0.2) is 0 Å². The van der Waals surface area contributed by atoms with Crippen molar-refractivity contribution in [1.82, 2.24) is 10.6 Å². The molecular weight excluding hydrogens is 252 g/mol. The van der Waals surface area contributed by atoms with Gasteiger partial charge in [-0.1, -0.05) is 12.8 Å². The molecule has 2 saturated carbocycles. The molecule has 2 aliphatic carbocycles. The highest BCUT2D eigenvalue weighted by molar-refractivity contribution is 5.85. The van der Waals surface area contributed by atoms with Crippen LogP contribution < -0.4 is 10.6 Å². The highest BCUT2D eigenvalue weighted by Gasteiger charge is 2.20. The molecule has 2 fully saturated rings. The lowest BCUT2D eigenvalue weighted by atomic mass is 10.3. The summed E-state index contributed by atoms with van der Waals surface area (Å²) in [6.45, 7) is 2.73. The molecule has 0 aromatic rings. The van der Waals surface area contributed by atoms with E-state index < -0.39 is 0 Å². The van der Waals surface area contributed by atoms with Gasteiger partial charge in [0.05, 0.1) is 19.3 Å². The van der Waals surface area contributed by atoms with E-state index in [4.69, 9.17) is 4.74 Å². The molecule has 0 atom stereocenters. The zero-order valence-electron chi connectivity index (χ0n) is 11.0. The second kappa shape index (κ2) is 8.73. The molecule has 0 aliphatic heterocycles. The van der Waals surface area contributed by atoms with Crippen LogP contribution >= 0.6 is 12.4 Å². The Labute approximate surface area is 116 Å². The molecule has 0 saturated heterocycles. The Morgan fingerprint density at radius 2 is 1.89 bits per heavy atom. The van der Waals surface area contributed by atoms with E-state index in [0.717, 1.165) is 12.5 Å². The number of halogens is 1. The van der Waals surface area contributed by atoms with Crippen molar-refractivity contribution in [2.24, 2.45) is 5.92 Å². The average Bonchev–Trinajstić information content (AvgIpc) is 3.00. The van der Waals surface area contributed by atoms with Gasteiger partial charge in [-0.25, -0.2) is 0 Å². The van der Waals surface area contributed by atoms with Gasteiger partial charge in [-0.05, 0) is 38.1 Å². The lowest BCUT2D eigenvalue weighted by Gasteiger charge is -2.11. The van der Waals surface area contributed by atoms with E-state index in [9.17, 15) is 4.79 Å². The molecule has 0 spiro atoms. The van der Waals surface area contributed by atoms with Gasteiger partial charge in [-0.15, -0.1) is 12.4 Å². The van der Waals surface area contributed by atoms with Crippen LogP contribution in [-0.2, 0) is 9.53 Å². The van der Waals surface area contributed by atoms with E-state index >= 15 is 0 Å². The van der Waals surface area contributed by atoms with E-state index in [1.807, 2.05) is 0 Å². The topological polar surface area (TPSA) is 50.4 Å². The number of carbonyl (C=O) groups is 1. The summed E-state index contributed by atoms with van der Waals surface area (Å²) in [7, 11) is 0. The van der Waals surface area contributed by atoms with Gasteiger partial charge in [-0.3, -0.25) is 4.79 Å². The number of rotatable bonds is 8. The van der Waals surface area contributed by atoms with E-state index in [-0.39, 0.29) is 18.3 Å². The molecule has 18 heavy (non-hydrogen) atoms. The van der Waals surface area contributed by atoms with Crippen molar-refractivity contribution in [2.75, 3.05) is 26.2 Å². The molecule has 0 heterocycles. The third-order valence-electron chi connectivity index (χ3n) is 3.50. The number of carbonyl (C=O) groups excluding carboxylic acids is 1. The summed E-state index contributed by atoms with van der Waals surface area (Å²) < 4.78 is 5.67. The fourth-order valence-corrected chi connectivity index (χ4v) is 2.25. The first-order valence-corrected chi connectivity index (χ1v) is 6.93. The molecule has 2 rings (SSSR count). The smallest absolute Gasteiger partial charge is 0.234 e. The van der Waals surface area contributed by atoms with Crippen molar-refractivity contribution >= 4 is 18.3 Å². The molecule has 0 radical (unpaired) electrons. The summed E-state index contributed by atoms with van der Waals surface area (Å²) in [5.41, 5.74) is 0. The van der Waals surface area contributed by atoms with Crippen LogP contribution in [0.25, 0.3) is 0 Å². The third kappa shape index (κ3) is 6.57. The van der Waals surface area contributed by atoms with Crippen LogP contribution in [0, 0.1) is 5.92 Å². The zero-order valence-corrected chi connectivity index (χ0v) is 11.8. The van der Waals surface area contributed by atoms with E-state index in [1.54, 1.807) is 0 Å². The first-order chi connectivity index (χ1) is 8.34. The van der Waals surface area contributed by atoms with Crippen molar-refractivity contribution in [3.05, 3.63) is 0 Å². The van der Waals surface area contributed by atoms with Crippen molar-refractivity contribution < 1.29 is 9.53 Å². The number of hydrogen-bond acceptors (Lipinski definition) is 3. The standard InChI is InChI=1S/C13H24N2O2.ClH/c16-13(10-14-9-11-5-6-11)15-7-8-17-12-3-1-2-4-12;/h11-12,14H,1-10H2,(H,15,16);1H. The zero-order chi connectivity index (χ0) is 11.9. The molecule has 2 N–H and O–H groups in total. The minimum atomic E-state index is 0. The summed E-state index contributed by atoms with van der Waals surface area (Å²) in [6, 6.07) is 0. The van der Waals surface area contributed by atoms with E-state index in [0.29, 0.717) is 25.8 Å². The summed E-state index contributed by atoms with van der Waals surface area (Å²) in [6.07, 6.45) is 8.06. The fourth-order valence-electron chi connectivity index (χ4n) is 2.25. The average molecular weight is 277 g/mol. The third-order valence-corrected chi connectivity index (χ3v) is 3.50. The van der Waals surface area contributed by atoms with Crippen LogP contribution in [0.2, 0.25) is 0 Å². The molecule has 106 valence electrons. The molecule has 0 bridgehead atoms. The van der Waals surface area contributed by atoms with Gasteiger partial charge in [0.25, 0.3) is 0 Å². The summed E-state index contributed by atoms with van der Waals surface area (Å²) in [4.78, 5) is 11.4. The number of hydrogen-bond donors (Lipinski definition) is 2. The minimum Gasteiger partial charge on any atom is -0.376 e. The molecule has 4 nitrogen and oxygen atoms in total. The maximum atomic E-state index is 11.4. The van der Waals surface area contributed by atoms with Gasteiger partial charge in [0, 0.05) is 6.54 Å². The molecule has 0 aromatic carbocycles. The Balaban J connectivity index is 0.00000162. The van der Waals surface area contributed by atoms with E-state index in [1.165, 1.54) is 38.5 Å². The highest BCUT2D eigenvalue weighted by atomic mass is 35.5. The predicted octanol–water partition coefficient (Wildman–Crippen LogP) is 1.48. The van der Waals surface area contributed by atoms with Crippen LogP contribution in [-0.4, -0.2) is 38.3 Å². The van der Waals surface area contributed by atoms with Crippen LogP contribution in [0.1, 0.15) is 38.5 Å². The fraction of sp³-hybridized carbons (Fsp3) is 0.923. The van der Waals surface area contributed by atoms with Crippen LogP contribution in [0.4, 0.5) is 0 Å². The molecule has 5 heteroatoms. The second-order valence-electron chi connectivity index (χ2n) is 5.20. The van der Waals surface area contributed by atoms with Gasteiger partial charge >= 0.3 is 0 Å². The van der Waals surface area contributed by atoms with Gasteiger partial charge in [-0.2, -0.15) is 0 Å². The number of ether oxygens (including phenoxy) is 1. The lowest BCUT2D eigenvalue weighted by Crippen LogP contribution is -2.36. The molecule has 0 aromatic heterocycles. The maximum absolute atomic E-state index is 11.4. The number of nitrogens with one attached hydrogen (secondary N) is 2. The van der Waals surface area contributed by atoms with Crippen molar-refractivity contribution in [2.45, 2.75) is 44.6 Å². The quantitative estimate of drug-likeness (QED) is 0.661. The largest absolute Gasteiger partial charge is 0.376 e. The second-order valence-corrected chi connectivity index (χ2v) is 5.20. The molecule has 0 unspecified atom stereocenters. The Morgan fingerprint density at radius 3 is 2.56 bits per heavy atom. The SMILES string of the molecule is Cl.O=C(CNCC1CC1)NCCOC1CCCC1. The summed E-state index contributed by atoms with van der Waals surface area (Å²) in [5.74, 6) is 0.911. The molecular formula is C13H25ClN2O2. The number of amides is 1. The summed E-state index contributed by atoms with van der Waals surface area (Å²) >= 11 is 0. The van der Waals surface area contributed by atoms with Crippen LogP contribution in [0.3, 0.4) is 0 Å². The Hall–Kier alpha value is -0.320. The normalized spacial score (nSPS) is 19.6. The first-order valence-electron chi connectivity index (χ1n) is 6.93. The van der Waals surface area contributed by atoms with Gasteiger partial charge in [0.2, 0.25) is 5.91 Å². The predicted molar refractivity (Wildman–Crippen MR) is 74.1 cm³/mol. The maximum Gasteiger partial charge on any atom is 0.234 e. The van der Waals surface area contributed by atoms with Crippen molar-refractivity contribution in [3.63, 3.8) is 0 Å². The minimum absolute atomic E-state index is 0. The monoisotopic (exact) mass is 276 g/mol. The Kier molecular flexibility index (Phi) is 7.63. The van der Waals surface area contributed by atoms with Crippen LogP contribution in [0.5, 0.6) is 0 Å². The Morgan fingerprint density at radius 1 is 1.17 bits per heavy atom. The highest BCUT2D eigenvalue weighted by Crippen LogP contribution is 2.27. The van der Waals surface area contributed by atoms with Crippen LogP contribution in [0.15, 0.2) is 0 Å². The van der Waals surface area contributed by atoms with Gasteiger partial charge < -0.3 is 15.4 Å². The first kappa shape index (κ1) is 15.7. The summed E-state index contributed by atoms with van der Waals surface area (Å²) in [5, 5.41) is 6.05. The van der Waals surface area contributed by atoms with E-state index in [2.05, 4.69) is 10.6 Å².